The Kier molecular flexibility index (Phi) is 2.93. The fourth-order valence-corrected chi connectivity index (χ4v) is 2.98. The molecule has 0 heterocycles. The van der Waals surface area contributed by atoms with Crippen molar-refractivity contribution in [2.75, 3.05) is 6.54 Å². The smallest absolute Gasteiger partial charge is 0.0210 e. The van der Waals surface area contributed by atoms with E-state index < -0.39 is 0 Å². The molecule has 2 unspecified atom stereocenters. The van der Waals surface area contributed by atoms with Crippen LogP contribution >= 0.6 is 15.9 Å². The molecule has 1 aliphatic carbocycles. The van der Waals surface area contributed by atoms with Gasteiger partial charge in [-0.1, -0.05) is 35.0 Å². The molecule has 2 rings (SSSR count). The van der Waals surface area contributed by atoms with E-state index in [1.54, 1.807) is 0 Å². The number of rotatable bonds is 2. The Labute approximate surface area is 93.8 Å². The summed E-state index contributed by atoms with van der Waals surface area (Å²) in [6, 6.07) is 6.52. The molecule has 0 radical (unpaired) electrons. The van der Waals surface area contributed by atoms with E-state index >= 15 is 0 Å². The molecule has 0 saturated heterocycles. The first kappa shape index (κ1) is 10.2. The SMILES string of the molecule is CC(CN)C1CCc2c(Br)cccc21. The van der Waals surface area contributed by atoms with E-state index in [1.165, 1.54) is 28.4 Å². The number of fused-ring (bicyclic) bond motifs is 1. The average molecular weight is 254 g/mol. The third-order valence-corrected chi connectivity index (χ3v) is 4.06. The molecule has 2 heteroatoms. The molecule has 2 N–H and O–H groups in total. The van der Waals surface area contributed by atoms with Crippen molar-refractivity contribution in [1.82, 2.24) is 0 Å². The highest BCUT2D eigenvalue weighted by Crippen LogP contribution is 2.40. The van der Waals surface area contributed by atoms with Crippen LogP contribution in [0, 0.1) is 5.92 Å². The van der Waals surface area contributed by atoms with Crippen LogP contribution in [0.25, 0.3) is 0 Å². The molecule has 1 aromatic carbocycles. The van der Waals surface area contributed by atoms with E-state index in [2.05, 4.69) is 41.1 Å². The Morgan fingerprint density at radius 2 is 2.36 bits per heavy atom. The fourth-order valence-electron chi connectivity index (χ4n) is 2.40. The van der Waals surface area contributed by atoms with E-state index in [4.69, 9.17) is 5.73 Å². The van der Waals surface area contributed by atoms with Gasteiger partial charge in [0.1, 0.15) is 0 Å². The molecule has 76 valence electrons. The molecule has 0 bridgehead atoms. The lowest BCUT2D eigenvalue weighted by Gasteiger charge is -2.18. The zero-order valence-electron chi connectivity index (χ0n) is 8.46. The molecule has 1 aliphatic rings. The van der Waals surface area contributed by atoms with Gasteiger partial charge in [0.15, 0.2) is 0 Å². The van der Waals surface area contributed by atoms with Gasteiger partial charge in [0.25, 0.3) is 0 Å². The maximum Gasteiger partial charge on any atom is 0.0210 e. The molecule has 0 aliphatic heterocycles. The van der Waals surface area contributed by atoms with Gasteiger partial charge in [0, 0.05) is 4.47 Å². The third kappa shape index (κ3) is 1.61. The van der Waals surface area contributed by atoms with Gasteiger partial charge in [-0.25, -0.2) is 0 Å². The second kappa shape index (κ2) is 4.03. The van der Waals surface area contributed by atoms with Crippen molar-refractivity contribution in [3.05, 3.63) is 33.8 Å². The van der Waals surface area contributed by atoms with Crippen LogP contribution in [0.2, 0.25) is 0 Å². The summed E-state index contributed by atoms with van der Waals surface area (Å²) in [5, 5.41) is 0. The number of halogens is 1. The minimum atomic E-state index is 0.602. The molecule has 1 nitrogen and oxygen atoms in total. The van der Waals surface area contributed by atoms with Crippen molar-refractivity contribution in [2.45, 2.75) is 25.7 Å². The van der Waals surface area contributed by atoms with Crippen LogP contribution in [-0.4, -0.2) is 6.54 Å². The van der Waals surface area contributed by atoms with Gasteiger partial charge in [-0.2, -0.15) is 0 Å². The lowest BCUT2D eigenvalue weighted by molar-refractivity contribution is 0.466. The minimum absolute atomic E-state index is 0.602. The van der Waals surface area contributed by atoms with Crippen molar-refractivity contribution in [3.63, 3.8) is 0 Å². The molecule has 14 heavy (non-hydrogen) atoms. The van der Waals surface area contributed by atoms with Crippen LogP contribution in [0.3, 0.4) is 0 Å². The van der Waals surface area contributed by atoms with Crippen molar-refractivity contribution in [2.24, 2.45) is 11.7 Å². The summed E-state index contributed by atoms with van der Waals surface area (Å²) < 4.78 is 1.27. The quantitative estimate of drug-likeness (QED) is 0.862. The highest BCUT2D eigenvalue weighted by atomic mass is 79.9. The van der Waals surface area contributed by atoms with E-state index in [0.717, 1.165) is 6.54 Å². The Hall–Kier alpha value is -0.340. The molecule has 2 atom stereocenters. The van der Waals surface area contributed by atoms with Gasteiger partial charge in [0.2, 0.25) is 0 Å². The van der Waals surface area contributed by atoms with Crippen molar-refractivity contribution in [3.8, 4) is 0 Å². The highest BCUT2D eigenvalue weighted by molar-refractivity contribution is 9.10. The second-order valence-electron chi connectivity index (χ2n) is 4.17. The Morgan fingerprint density at radius 1 is 1.57 bits per heavy atom. The summed E-state index contributed by atoms with van der Waals surface area (Å²) in [7, 11) is 0. The molecule has 1 aromatic rings. The number of hydrogen-bond acceptors (Lipinski definition) is 1. The normalized spacial score (nSPS) is 22.1. The average Bonchev–Trinajstić information content (AvgIpc) is 2.62. The third-order valence-electron chi connectivity index (χ3n) is 3.32. The topological polar surface area (TPSA) is 26.0 Å². The largest absolute Gasteiger partial charge is 0.330 e. The van der Waals surface area contributed by atoms with Gasteiger partial charge >= 0.3 is 0 Å². The maximum atomic E-state index is 5.74. The second-order valence-corrected chi connectivity index (χ2v) is 5.02. The van der Waals surface area contributed by atoms with Crippen molar-refractivity contribution >= 4 is 15.9 Å². The van der Waals surface area contributed by atoms with Crippen LogP contribution in [0.5, 0.6) is 0 Å². The van der Waals surface area contributed by atoms with Crippen LogP contribution in [0.15, 0.2) is 22.7 Å². The first-order valence-corrected chi connectivity index (χ1v) is 6.00. The summed E-state index contributed by atoms with van der Waals surface area (Å²) in [6.45, 7) is 3.04. The van der Waals surface area contributed by atoms with E-state index in [0.29, 0.717) is 11.8 Å². The molecule has 0 aromatic heterocycles. The van der Waals surface area contributed by atoms with E-state index in [-0.39, 0.29) is 0 Å². The van der Waals surface area contributed by atoms with Crippen molar-refractivity contribution in [1.29, 1.82) is 0 Å². The maximum absolute atomic E-state index is 5.74. The monoisotopic (exact) mass is 253 g/mol. The van der Waals surface area contributed by atoms with Crippen LogP contribution in [-0.2, 0) is 6.42 Å². The van der Waals surface area contributed by atoms with Crippen LogP contribution in [0.4, 0.5) is 0 Å². The Balaban J connectivity index is 2.35. The molecule has 0 amide bonds. The van der Waals surface area contributed by atoms with Gasteiger partial charge in [-0.15, -0.1) is 0 Å². The number of benzene rings is 1. The number of nitrogens with two attached hydrogens (primary N) is 1. The summed E-state index contributed by atoms with van der Waals surface area (Å²) in [6.07, 6.45) is 2.46. The zero-order chi connectivity index (χ0) is 10.1. The van der Waals surface area contributed by atoms with Gasteiger partial charge in [-0.3, -0.25) is 0 Å². The zero-order valence-corrected chi connectivity index (χ0v) is 10.0. The first-order valence-electron chi connectivity index (χ1n) is 5.21. The molecule has 0 saturated carbocycles. The van der Waals surface area contributed by atoms with Crippen LogP contribution < -0.4 is 5.73 Å². The molecular weight excluding hydrogens is 238 g/mol. The predicted octanol–water partition coefficient (Wildman–Crippen LogP) is 3.07. The highest BCUT2D eigenvalue weighted by Gasteiger charge is 2.27. The molecular formula is C12H16BrN. The Bertz CT molecular complexity index is 335. The Morgan fingerprint density at radius 3 is 3.07 bits per heavy atom. The predicted molar refractivity (Wildman–Crippen MR) is 63.4 cm³/mol. The van der Waals surface area contributed by atoms with Gasteiger partial charge in [0.05, 0.1) is 0 Å². The summed E-state index contributed by atoms with van der Waals surface area (Å²) in [4.78, 5) is 0. The van der Waals surface area contributed by atoms with E-state index in [9.17, 15) is 0 Å². The summed E-state index contributed by atoms with van der Waals surface area (Å²) >= 11 is 3.61. The minimum Gasteiger partial charge on any atom is -0.330 e. The summed E-state index contributed by atoms with van der Waals surface area (Å²) in [5.41, 5.74) is 8.74. The first-order chi connectivity index (χ1) is 6.74. The van der Waals surface area contributed by atoms with Gasteiger partial charge in [-0.05, 0) is 48.4 Å². The lowest BCUT2D eigenvalue weighted by atomic mass is 9.89. The van der Waals surface area contributed by atoms with Crippen molar-refractivity contribution < 1.29 is 0 Å². The standard InChI is InChI=1S/C12H16BrN/c1-8(7-14)9-5-6-11-10(9)3-2-4-12(11)13/h2-4,8-9H,5-7,14H2,1H3. The van der Waals surface area contributed by atoms with Gasteiger partial charge < -0.3 is 5.73 Å². The molecule has 0 spiro atoms. The molecule has 0 fully saturated rings. The number of hydrogen-bond donors (Lipinski definition) is 1. The van der Waals surface area contributed by atoms with E-state index in [1.807, 2.05) is 0 Å². The summed E-state index contributed by atoms with van der Waals surface area (Å²) in [5.74, 6) is 1.28. The van der Waals surface area contributed by atoms with Crippen LogP contribution in [0.1, 0.15) is 30.4 Å². The lowest BCUT2D eigenvalue weighted by Crippen LogP contribution is -2.17. The fraction of sp³-hybridized carbons (Fsp3) is 0.500.